The molecule has 1 unspecified atom stereocenters. The Bertz CT molecular complexity index is 601. The zero-order valence-electron chi connectivity index (χ0n) is 10.8. The highest BCUT2D eigenvalue weighted by Gasteiger charge is 2.41. The lowest BCUT2D eigenvalue weighted by Gasteiger charge is -2.17. The van der Waals surface area contributed by atoms with Crippen molar-refractivity contribution in [2.45, 2.75) is 31.3 Å². The standard InChI is InChI=1S/C11H10F5NO3S/c1-3-21(20)7-4(2)5(10(18)19)8(11(14,15)16)17-6(7)9(12)13/h9H,3H2,1-2H3,(H,18,19). The number of aromatic carboxylic acids is 1. The molecule has 1 N–H and O–H groups in total. The van der Waals surface area contributed by atoms with E-state index in [0.29, 0.717) is 0 Å². The van der Waals surface area contributed by atoms with Crippen molar-refractivity contribution >= 4 is 16.8 Å². The molecule has 0 amide bonds. The van der Waals surface area contributed by atoms with Gasteiger partial charge in [0, 0.05) is 5.75 Å². The Labute approximate surface area is 118 Å². The molecule has 0 saturated heterocycles. The van der Waals surface area contributed by atoms with E-state index in [1.54, 1.807) is 0 Å². The fraction of sp³-hybridized carbons (Fsp3) is 0.455. The van der Waals surface area contributed by atoms with Crippen LogP contribution in [-0.4, -0.2) is 26.0 Å². The summed E-state index contributed by atoms with van der Waals surface area (Å²) in [5.41, 5.74) is -5.09. The van der Waals surface area contributed by atoms with Gasteiger partial charge in [0.05, 0.1) is 21.3 Å². The van der Waals surface area contributed by atoms with Crippen molar-refractivity contribution in [3.8, 4) is 0 Å². The second-order valence-corrected chi connectivity index (χ2v) is 5.59. The predicted molar refractivity (Wildman–Crippen MR) is 62.8 cm³/mol. The summed E-state index contributed by atoms with van der Waals surface area (Å²) >= 11 is 0. The quantitative estimate of drug-likeness (QED) is 0.861. The van der Waals surface area contributed by atoms with Gasteiger partial charge in [-0.2, -0.15) is 13.2 Å². The molecule has 1 aromatic heterocycles. The zero-order chi connectivity index (χ0) is 16.5. The topological polar surface area (TPSA) is 67.3 Å². The number of nitrogens with zero attached hydrogens (tertiary/aromatic N) is 1. The Hall–Kier alpha value is -1.58. The van der Waals surface area contributed by atoms with Gasteiger partial charge in [0.15, 0.2) is 5.69 Å². The van der Waals surface area contributed by atoms with Crippen molar-refractivity contribution in [3.05, 3.63) is 22.5 Å². The molecule has 1 aromatic rings. The monoisotopic (exact) mass is 331 g/mol. The summed E-state index contributed by atoms with van der Waals surface area (Å²) in [4.78, 5) is 13.1. The second-order valence-electron chi connectivity index (χ2n) is 3.91. The molecule has 0 aliphatic rings. The lowest BCUT2D eigenvalue weighted by Crippen LogP contribution is -2.21. The first-order valence-corrected chi connectivity index (χ1v) is 6.85. The lowest BCUT2D eigenvalue weighted by molar-refractivity contribution is -0.142. The maximum absolute atomic E-state index is 12.9. The number of hydrogen-bond acceptors (Lipinski definition) is 3. The van der Waals surface area contributed by atoms with Crippen LogP contribution in [0.15, 0.2) is 4.90 Å². The zero-order valence-corrected chi connectivity index (χ0v) is 11.6. The van der Waals surface area contributed by atoms with Gasteiger partial charge in [-0.3, -0.25) is 4.21 Å². The highest BCUT2D eigenvalue weighted by atomic mass is 32.2. The highest BCUT2D eigenvalue weighted by molar-refractivity contribution is 7.85. The minimum absolute atomic E-state index is 0.160. The summed E-state index contributed by atoms with van der Waals surface area (Å²) in [5, 5.41) is 8.89. The van der Waals surface area contributed by atoms with Crippen molar-refractivity contribution in [3.63, 3.8) is 0 Å². The van der Waals surface area contributed by atoms with Gasteiger partial charge in [-0.15, -0.1) is 0 Å². The number of halogens is 5. The summed E-state index contributed by atoms with van der Waals surface area (Å²) in [6.45, 7) is 2.28. The number of carboxylic acids is 1. The summed E-state index contributed by atoms with van der Waals surface area (Å²) in [5.74, 6) is -2.13. The van der Waals surface area contributed by atoms with Crippen LogP contribution >= 0.6 is 0 Å². The first-order chi connectivity index (χ1) is 9.52. The molecule has 4 nitrogen and oxygen atoms in total. The minimum atomic E-state index is -5.21. The maximum atomic E-state index is 12.9. The van der Waals surface area contributed by atoms with Crippen LogP contribution in [0.25, 0.3) is 0 Å². The van der Waals surface area contributed by atoms with Gasteiger partial charge in [0.1, 0.15) is 5.69 Å². The molecule has 0 spiro atoms. The molecule has 118 valence electrons. The molecular formula is C11H10F5NO3S. The summed E-state index contributed by atoms with van der Waals surface area (Å²) in [6, 6.07) is 0. The lowest BCUT2D eigenvalue weighted by atomic mass is 10.1. The largest absolute Gasteiger partial charge is 0.478 e. The van der Waals surface area contributed by atoms with Crippen LogP contribution in [0.4, 0.5) is 22.0 Å². The Kier molecular flexibility index (Phi) is 5.03. The Morgan fingerprint density at radius 3 is 2.24 bits per heavy atom. The van der Waals surface area contributed by atoms with Crippen LogP contribution < -0.4 is 0 Å². The molecule has 0 aliphatic carbocycles. The molecule has 0 aromatic carbocycles. The molecule has 21 heavy (non-hydrogen) atoms. The van der Waals surface area contributed by atoms with E-state index < -0.39 is 56.8 Å². The van der Waals surface area contributed by atoms with Gasteiger partial charge in [-0.25, -0.2) is 18.6 Å². The molecule has 10 heteroatoms. The summed E-state index contributed by atoms with van der Waals surface area (Å²) in [7, 11) is -2.07. The Balaban J connectivity index is 3.89. The van der Waals surface area contributed by atoms with Gasteiger partial charge in [-0.1, -0.05) is 6.92 Å². The van der Waals surface area contributed by atoms with Crippen LogP contribution in [0, 0.1) is 6.92 Å². The summed E-state index contributed by atoms with van der Waals surface area (Å²) < 4.78 is 75.9. The van der Waals surface area contributed by atoms with Crippen LogP contribution in [0.5, 0.6) is 0 Å². The molecule has 1 heterocycles. The molecule has 0 aliphatic heterocycles. The molecule has 1 atom stereocenters. The number of carbonyl (C=O) groups is 1. The van der Waals surface area contributed by atoms with E-state index in [1.165, 1.54) is 6.92 Å². The fourth-order valence-electron chi connectivity index (χ4n) is 1.76. The van der Waals surface area contributed by atoms with E-state index in [4.69, 9.17) is 5.11 Å². The van der Waals surface area contributed by atoms with Crippen molar-refractivity contribution in [1.29, 1.82) is 0 Å². The van der Waals surface area contributed by atoms with Crippen molar-refractivity contribution in [2.75, 3.05) is 5.75 Å². The number of pyridine rings is 1. The van der Waals surface area contributed by atoms with Crippen LogP contribution in [-0.2, 0) is 17.0 Å². The molecular weight excluding hydrogens is 321 g/mol. The number of alkyl halides is 5. The van der Waals surface area contributed by atoms with Gasteiger partial charge in [-0.05, 0) is 12.5 Å². The predicted octanol–water partition coefficient (Wildman–Crippen LogP) is 3.17. The first kappa shape index (κ1) is 17.5. The Morgan fingerprint density at radius 2 is 1.90 bits per heavy atom. The van der Waals surface area contributed by atoms with E-state index in [9.17, 15) is 31.0 Å². The van der Waals surface area contributed by atoms with Crippen LogP contribution in [0.3, 0.4) is 0 Å². The van der Waals surface area contributed by atoms with Gasteiger partial charge in [0.2, 0.25) is 0 Å². The molecule has 1 rings (SSSR count). The second kappa shape index (κ2) is 6.04. The third kappa shape index (κ3) is 3.36. The average Bonchev–Trinajstić information content (AvgIpc) is 2.34. The van der Waals surface area contributed by atoms with E-state index in [0.717, 1.165) is 6.92 Å². The van der Waals surface area contributed by atoms with Crippen molar-refractivity contribution in [1.82, 2.24) is 4.98 Å². The fourth-order valence-corrected chi connectivity index (χ4v) is 2.86. The average molecular weight is 331 g/mol. The maximum Gasteiger partial charge on any atom is 0.434 e. The number of aromatic nitrogens is 1. The van der Waals surface area contributed by atoms with Crippen LogP contribution in [0.1, 0.15) is 40.7 Å². The van der Waals surface area contributed by atoms with E-state index in [2.05, 4.69) is 4.98 Å². The minimum Gasteiger partial charge on any atom is -0.478 e. The van der Waals surface area contributed by atoms with Gasteiger partial charge < -0.3 is 5.11 Å². The van der Waals surface area contributed by atoms with E-state index >= 15 is 0 Å². The third-order valence-corrected chi connectivity index (χ3v) is 4.09. The molecule has 0 saturated carbocycles. The smallest absolute Gasteiger partial charge is 0.434 e. The number of rotatable bonds is 4. The Morgan fingerprint density at radius 1 is 1.38 bits per heavy atom. The summed E-state index contributed by atoms with van der Waals surface area (Å²) in [6.07, 6.45) is -8.62. The molecule has 0 radical (unpaired) electrons. The van der Waals surface area contributed by atoms with Crippen molar-refractivity contribution in [2.24, 2.45) is 0 Å². The molecule has 0 fully saturated rings. The van der Waals surface area contributed by atoms with Crippen LogP contribution in [0.2, 0.25) is 0 Å². The van der Waals surface area contributed by atoms with E-state index in [1.807, 2.05) is 0 Å². The normalized spacial score (nSPS) is 13.5. The number of carboxylic acid groups (broad SMARTS) is 1. The van der Waals surface area contributed by atoms with Gasteiger partial charge >= 0.3 is 12.1 Å². The van der Waals surface area contributed by atoms with E-state index in [-0.39, 0.29) is 5.75 Å². The number of hydrogen-bond donors (Lipinski definition) is 1. The highest BCUT2D eigenvalue weighted by Crippen LogP contribution is 2.37. The third-order valence-electron chi connectivity index (χ3n) is 2.60. The first-order valence-electron chi connectivity index (χ1n) is 5.53. The molecule has 0 bridgehead atoms. The van der Waals surface area contributed by atoms with Crippen molar-refractivity contribution < 1.29 is 36.1 Å². The van der Waals surface area contributed by atoms with Gasteiger partial charge in [0.25, 0.3) is 6.43 Å². The SMILES string of the molecule is CCS(=O)c1c(C(F)F)nc(C(F)(F)F)c(C(=O)O)c1C.